The van der Waals surface area contributed by atoms with Crippen LogP contribution in [-0.4, -0.2) is 74.7 Å². The van der Waals surface area contributed by atoms with Gasteiger partial charge in [-0.2, -0.15) is 0 Å². The summed E-state index contributed by atoms with van der Waals surface area (Å²) in [6, 6.07) is 0. The van der Waals surface area contributed by atoms with Gasteiger partial charge in [-0.3, -0.25) is 10.8 Å². The highest BCUT2D eigenvalue weighted by atomic mass is 16.4. The number of guanidine groups is 2. The molecule has 0 aliphatic heterocycles. The van der Waals surface area contributed by atoms with Crippen molar-refractivity contribution in [1.29, 1.82) is 10.8 Å². The third-order valence-electron chi connectivity index (χ3n) is 1.50. The van der Waals surface area contributed by atoms with Crippen molar-refractivity contribution in [2.45, 2.75) is 0 Å². The fourth-order valence-electron chi connectivity index (χ4n) is 0.826. The SMILES string of the molecule is N=C(N)N.N=C(N)N.O=C(O)n1nnnc1N=Nc1nnnn1C(=O)O. The molecule has 0 aliphatic carbocycles. The fraction of sp³-hybridized carbons (Fsp3) is 0. The van der Waals surface area contributed by atoms with Crippen molar-refractivity contribution in [1.82, 2.24) is 40.4 Å². The van der Waals surface area contributed by atoms with Gasteiger partial charge in [-0.25, -0.2) is 9.59 Å². The quantitative estimate of drug-likeness (QED) is 0.111. The van der Waals surface area contributed by atoms with Gasteiger partial charge in [-0.05, 0) is 20.9 Å². The summed E-state index contributed by atoms with van der Waals surface area (Å²) in [5, 5.41) is 54.8. The van der Waals surface area contributed by atoms with Crippen molar-refractivity contribution < 1.29 is 19.8 Å². The van der Waals surface area contributed by atoms with Crippen molar-refractivity contribution in [2.75, 3.05) is 0 Å². The molecule has 2 heterocycles. The van der Waals surface area contributed by atoms with E-state index in [1.54, 1.807) is 0 Å². The second-order valence-corrected chi connectivity index (χ2v) is 3.46. The Labute approximate surface area is 141 Å². The highest BCUT2D eigenvalue weighted by Crippen LogP contribution is 2.11. The molecule has 0 aromatic carbocycles. The third-order valence-corrected chi connectivity index (χ3v) is 1.50. The zero-order chi connectivity index (χ0) is 20.3. The van der Waals surface area contributed by atoms with Crippen LogP contribution in [0.5, 0.6) is 0 Å². The molecule has 0 amide bonds. The van der Waals surface area contributed by atoms with Gasteiger partial charge in [0.05, 0.1) is 0 Å². The predicted octanol–water partition coefficient (Wildman–Crippen LogP) is -3.20. The van der Waals surface area contributed by atoms with Gasteiger partial charge >= 0.3 is 12.2 Å². The lowest BCUT2D eigenvalue weighted by atomic mass is 10.9. The first-order valence-electron chi connectivity index (χ1n) is 5.70. The van der Waals surface area contributed by atoms with Crippen LogP contribution in [0.15, 0.2) is 10.2 Å². The van der Waals surface area contributed by atoms with E-state index in [0.29, 0.717) is 9.36 Å². The Morgan fingerprint density at radius 2 is 1.08 bits per heavy atom. The number of tetrazole rings is 2. The Balaban J connectivity index is 0.000000662. The van der Waals surface area contributed by atoms with E-state index in [4.69, 9.17) is 21.0 Å². The molecule has 0 saturated heterocycles. The number of rotatable bonds is 2. The average Bonchev–Trinajstić information content (AvgIpc) is 3.12. The average molecular weight is 372 g/mol. The molecular weight excluding hydrogens is 360 g/mol. The maximum absolute atomic E-state index is 10.6. The van der Waals surface area contributed by atoms with Crippen LogP contribution < -0.4 is 22.9 Å². The summed E-state index contributed by atoms with van der Waals surface area (Å²) in [7, 11) is 0. The second kappa shape index (κ2) is 10.1. The van der Waals surface area contributed by atoms with Gasteiger partial charge in [0.15, 0.2) is 11.9 Å². The lowest BCUT2D eigenvalue weighted by Crippen LogP contribution is -2.20. The number of hydrogen-bond donors (Lipinski definition) is 8. The molecule has 20 nitrogen and oxygen atoms in total. The zero-order valence-electron chi connectivity index (χ0n) is 12.5. The van der Waals surface area contributed by atoms with E-state index in [2.05, 4.69) is 64.2 Å². The predicted molar refractivity (Wildman–Crippen MR) is 78.9 cm³/mol. The van der Waals surface area contributed by atoms with Gasteiger partial charge in [0.2, 0.25) is 0 Å². The number of carboxylic acid groups (broad SMARTS) is 2. The summed E-state index contributed by atoms with van der Waals surface area (Å²) in [5.41, 5.74) is 17.9. The monoisotopic (exact) mass is 372 g/mol. The third kappa shape index (κ3) is 8.01. The van der Waals surface area contributed by atoms with Crippen LogP contribution in [0.3, 0.4) is 0 Å². The number of nitrogens with one attached hydrogen (secondary N) is 2. The van der Waals surface area contributed by atoms with Crippen molar-refractivity contribution in [3.05, 3.63) is 0 Å². The Morgan fingerprint density at radius 3 is 1.31 bits per heavy atom. The molecule has 0 bridgehead atoms. The molecule has 0 radical (unpaired) electrons. The first-order chi connectivity index (χ1) is 12.1. The number of nitrogens with two attached hydrogens (primary N) is 4. The molecule has 2 rings (SSSR count). The minimum Gasteiger partial charge on any atom is -0.463 e. The largest absolute Gasteiger partial charge is 0.463 e. The zero-order valence-corrected chi connectivity index (χ0v) is 12.5. The lowest BCUT2D eigenvalue weighted by Gasteiger charge is -1.91. The molecular formula is C6H12N16O4. The van der Waals surface area contributed by atoms with Crippen molar-refractivity contribution in [2.24, 2.45) is 33.2 Å². The molecule has 0 saturated carbocycles. The Morgan fingerprint density at radius 1 is 0.808 bits per heavy atom. The molecule has 26 heavy (non-hydrogen) atoms. The van der Waals surface area contributed by atoms with Crippen LogP contribution in [0.25, 0.3) is 0 Å². The molecule has 0 fully saturated rings. The number of nitrogens with zero attached hydrogens (tertiary/aromatic N) is 10. The topological polar surface area (TPSA) is 338 Å². The standard InChI is InChI=1S/C4H2N10O4.2CH5N3/c15-3(16)13-1(7-9-11-13)5-6-2-8-10-12-14(2)4(17)18;2*2-1(3)4/h(H,15,16)(H,17,18);2*(H5,2,3,4). The lowest BCUT2D eigenvalue weighted by molar-refractivity contribution is 0.191. The maximum atomic E-state index is 10.6. The molecule has 2 aromatic heterocycles. The molecule has 0 atom stereocenters. The first-order valence-corrected chi connectivity index (χ1v) is 5.70. The first kappa shape index (κ1) is 21.2. The van der Waals surface area contributed by atoms with Gasteiger partial charge < -0.3 is 33.1 Å². The van der Waals surface area contributed by atoms with Crippen LogP contribution in [0.2, 0.25) is 0 Å². The van der Waals surface area contributed by atoms with E-state index in [9.17, 15) is 9.59 Å². The normalized spacial score (nSPS) is 9.38. The van der Waals surface area contributed by atoms with Crippen LogP contribution in [0.1, 0.15) is 0 Å². The number of azo groups is 1. The molecule has 0 spiro atoms. The van der Waals surface area contributed by atoms with E-state index in [-0.39, 0.29) is 11.9 Å². The van der Waals surface area contributed by atoms with Crippen LogP contribution in [0.4, 0.5) is 21.5 Å². The molecule has 140 valence electrons. The van der Waals surface area contributed by atoms with Crippen molar-refractivity contribution in [3.8, 4) is 0 Å². The minimum absolute atomic E-state index is 0.332. The number of hydrogen-bond acceptors (Lipinski definition) is 12. The van der Waals surface area contributed by atoms with E-state index in [1.165, 1.54) is 0 Å². The Kier molecular flexibility index (Phi) is 8.23. The summed E-state index contributed by atoms with van der Waals surface area (Å²) >= 11 is 0. The minimum atomic E-state index is -1.48. The van der Waals surface area contributed by atoms with E-state index in [0.717, 1.165) is 0 Å². The van der Waals surface area contributed by atoms with Gasteiger partial charge in [-0.1, -0.05) is 10.2 Å². The summed E-state index contributed by atoms with van der Waals surface area (Å²) < 4.78 is 0.664. The van der Waals surface area contributed by atoms with Gasteiger partial charge in [0, 0.05) is 0 Å². The smallest absolute Gasteiger partial charge is 0.437 e. The van der Waals surface area contributed by atoms with Crippen molar-refractivity contribution >= 4 is 36.0 Å². The van der Waals surface area contributed by atoms with Crippen LogP contribution >= 0.6 is 0 Å². The second-order valence-electron chi connectivity index (χ2n) is 3.46. The molecule has 0 aliphatic rings. The Hall–Kier alpha value is -4.78. The van der Waals surface area contributed by atoms with Crippen LogP contribution in [0, 0.1) is 10.8 Å². The van der Waals surface area contributed by atoms with Gasteiger partial charge in [0.25, 0.3) is 11.9 Å². The van der Waals surface area contributed by atoms with Gasteiger partial charge in [-0.15, -0.1) is 19.6 Å². The summed E-state index contributed by atoms with van der Waals surface area (Å²) in [6.07, 6.45) is -2.96. The number of aromatic nitrogens is 8. The van der Waals surface area contributed by atoms with E-state index in [1.807, 2.05) is 0 Å². The highest BCUT2D eigenvalue weighted by molar-refractivity contribution is 5.72. The van der Waals surface area contributed by atoms with Crippen molar-refractivity contribution in [3.63, 3.8) is 0 Å². The maximum Gasteiger partial charge on any atom is 0.437 e. The van der Waals surface area contributed by atoms with E-state index >= 15 is 0 Å². The molecule has 2 aromatic rings. The molecule has 20 heteroatoms. The summed E-state index contributed by atoms with van der Waals surface area (Å²) in [5.74, 6) is -1.61. The molecule has 0 unspecified atom stereocenters. The molecule has 12 N–H and O–H groups in total. The summed E-state index contributed by atoms with van der Waals surface area (Å²) in [6.45, 7) is 0. The van der Waals surface area contributed by atoms with Crippen LogP contribution in [-0.2, 0) is 0 Å². The van der Waals surface area contributed by atoms with E-state index < -0.39 is 24.1 Å². The Bertz CT molecular complexity index is 729. The number of carbonyl (C=O) groups is 2. The fourth-order valence-corrected chi connectivity index (χ4v) is 0.826. The van der Waals surface area contributed by atoms with Gasteiger partial charge in [0.1, 0.15) is 0 Å². The highest BCUT2D eigenvalue weighted by Gasteiger charge is 2.14. The summed E-state index contributed by atoms with van der Waals surface area (Å²) in [4.78, 5) is 21.2.